The number of piperidine rings is 2. The van der Waals surface area contributed by atoms with Crippen molar-refractivity contribution in [1.82, 2.24) is 25.0 Å². The summed E-state index contributed by atoms with van der Waals surface area (Å²) in [5.74, 6) is 1.21. The molecule has 3 saturated heterocycles. The summed E-state index contributed by atoms with van der Waals surface area (Å²) in [6.45, 7) is 11.7. The first-order chi connectivity index (χ1) is 25.5. The summed E-state index contributed by atoms with van der Waals surface area (Å²) in [5, 5.41) is 37.1. The van der Waals surface area contributed by atoms with Gasteiger partial charge in [0.1, 0.15) is 24.2 Å². The van der Waals surface area contributed by atoms with Crippen molar-refractivity contribution in [3.8, 4) is 5.75 Å². The maximum absolute atomic E-state index is 12.8. The molecule has 0 aliphatic carbocycles. The molecule has 1 unspecified atom stereocenters. The maximum atomic E-state index is 12.8. The molecule has 4 heterocycles. The topological polar surface area (TPSA) is 149 Å². The van der Waals surface area contributed by atoms with Gasteiger partial charge in [0.15, 0.2) is 0 Å². The van der Waals surface area contributed by atoms with Crippen LogP contribution >= 0.6 is 0 Å². The number of amides is 3. The van der Waals surface area contributed by atoms with E-state index in [0.717, 1.165) is 85.3 Å². The van der Waals surface area contributed by atoms with Crippen molar-refractivity contribution in [3.63, 3.8) is 0 Å². The van der Waals surface area contributed by atoms with Crippen LogP contribution < -0.4 is 15.4 Å². The van der Waals surface area contributed by atoms with Crippen LogP contribution in [-0.2, 0) is 16.0 Å². The summed E-state index contributed by atoms with van der Waals surface area (Å²) >= 11 is 0. The molecule has 12 heteroatoms. The van der Waals surface area contributed by atoms with Crippen LogP contribution in [0.5, 0.6) is 5.75 Å². The number of nitrogens with zero attached hydrogens (tertiary/aromatic N) is 3. The lowest BCUT2D eigenvalue weighted by Gasteiger charge is -2.47. The quantitative estimate of drug-likeness (QED) is 0.166. The fourth-order valence-electron chi connectivity index (χ4n) is 8.39. The van der Waals surface area contributed by atoms with Gasteiger partial charge in [0, 0.05) is 50.7 Å². The van der Waals surface area contributed by atoms with E-state index in [1.54, 1.807) is 0 Å². The Bertz CT molecular complexity index is 1670. The molecule has 5 N–H and O–H groups in total. The van der Waals surface area contributed by atoms with Gasteiger partial charge in [-0.1, -0.05) is 38.1 Å². The molecule has 0 bridgehead atoms. The number of rotatable bonds is 13. The number of fused-ring (bicyclic) bond motifs is 1. The highest BCUT2D eigenvalue weighted by molar-refractivity contribution is 5.87. The average Bonchev–Trinajstić information content (AvgIpc) is 3.52. The molecule has 6 rings (SSSR count). The number of aliphatic hydroxyl groups is 3. The number of carbonyl (C=O) groups is 2. The summed E-state index contributed by atoms with van der Waals surface area (Å²) in [7, 11) is 0. The van der Waals surface area contributed by atoms with Crippen LogP contribution in [-0.4, -0.2) is 119 Å². The van der Waals surface area contributed by atoms with Gasteiger partial charge in [0.05, 0.1) is 31.4 Å². The Kier molecular flexibility index (Phi) is 13.0. The molecule has 0 radical (unpaired) electrons. The van der Waals surface area contributed by atoms with E-state index in [4.69, 9.17) is 9.47 Å². The third kappa shape index (κ3) is 9.71. The second-order valence-electron chi connectivity index (χ2n) is 15.9. The number of nitrogens with one attached hydrogen (secondary N) is 2. The standard InChI is InChI=1S/C41H59N5O7/c1-28(2)23-42-40(51)43-24-36(49)45-18-14-41(15-19-45)13-5-16-44(27-41)17-6-20-52-32-11-9-30(10-12-32)21-31-25-46(33-8-4-7-29(3)38(31)33)37-22-34(48)39(50)35(26-47)53-37/h4,7-12,25,28,34-35,37,39,47-48,50H,5-6,13-24,26-27H2,1-3H3,(H2,42,43,51)/t34-,35-,37-,39?/m1/s1. The highest BCUT2D eigenvalue weighted by Crippen LogP contribution is 2.40. The normalized spacial score (nSPS) is 23.4. The van der Waals surface area contributed by atoms with Crippen molar-refractivity contribution in [2.45, 2.75) is 90.3 Å². The van der Waals surface area contributed by atoms with E-state index in [1.165, 1.54) is 12.8 Å². The van der Waals surface area contributed by atoms with E-state index in [9.17, 15) is 24.9 Å². The van der Waals surface area contributed by atoms with Gasteiger partial charge < -0.3 is 49.8 Å². The first kappa shape index (κ1) is 39.0. The van der Waals surface area contributed by atoms with Gasteiger partial charge in [-0.3, -0.25) is 4.79 Å². The number of aryl methyl sites for hydroxylation is 1. The van der Waals surface area contributed by atoms with E-state index in [2.05, 4.69) is 46.9 Å². The number of aliphatic hydroxyl groups excluding tert-OH is 3. The summed E-state index contributed by atoms with van der Waals surface area (Å²) in [6.07, 6.45) is 4.92. The second kappa shape index (κ2) is 17.6. The monoisotopic (exact) mass is 733 g/mol. The van der Waals surface area contributed by atoms with Crippen molar-refractivity contribution in [1.29, 1.82) is 0 Å². The minimum absolute atomic E-state index is 0.00817. The second-order valence-corrected chi connectivity index (χ2v) is 15.9. The summed E-state index contributed by atoms with van der Waals surface area (Å²) < 4.78 is 14.2. The van der Waals surface area contributed by atoms with E-state index in [0.29, 0.717) is 25.5 Å². The third-order valence-electron chi connectivity index (χ3n) is 11.4. The molecule has 3 amide bonds. The molecule has 2 aromatic carbocycles. The van der Waals surface area contributed by atoms with Gasteiger partial charge in [-0.15, -0.1) is 0 Å². The molecule has 4 atom stereocenters. The summed E-state index contributed by atoms with van der Waals surface area (Å²) in [6, 6.07) is 14.2. The Morgan fingerprint density at radius 3 is 2.55 bits per heavy atom. The fourth-order valence-corrected chi connectivity index (χ4v) is 8.39. The molecule has 53 heavy (non-hydrogen) atoms. The van der Waals surface area contributed by atoms with E-state index >= 15 is 0 Å². The first-order valence-electron chi connectivity index (χ1n) is 19.5. The van der Waals surface area contributed by atoms with Crippen molar-refractivity contribution < 1.29 is 34.4 Å². The zero-order valence-corrected chi connectivity index (χ0v) is 31.6. The number of hydrogen-bond acceptors (Lipinski definition) is 8. The number of aromatic nitrogens is 1. The van der Waals surface area contributed by atoms with Crippen LogP contribution in [0.15, 0.2) is 48.7 Å². The maximum Gasteiger partial charge on any atom is 0.315 e. The van der Waals surface area contributed by atoms with Gasteiger partial charge in [0.25, 0.3) is 0 Å². The lowest BCUT2D eigenvalue weighted by Crippen LogP contribution is -2.52. The lowest BCUT2D eigenvalue weighted by atomic mass is 9.72. The van der Waals surface area contributed by atoms with Crippen molar-refractivity contribution >= 4 is 22.8 Å². The SMILES string of the molecule is Cc1cccc2c1c(Cc1ccc(OCCCN3CCCC4(CCN(C(=O)CNC(=O)NCC(C)C)CC4)C3)cc1)cn2[C@H]1C[C@@H](O)C(O)[C@@H](CO)O1. The molecule has 290 valence electrons. The van der Waals surface area contributed by atoms with Gasteiger partial charge in [-0.05, 0) is 98.2 Å². The summed E-state index contributed by atoms with van der Waals surface area (Å²) in [4.78, 5) is 29.2. The molecule has 12 nitrogen and oxygen atoms in total. The van der Waals surface area contributed by atoms with E-state index < -0.39 is 24.5 Å². The highest BCUT2D eigenvalue weighted by Gasteiger charge is 2.40. The molecular formula is C41H59N5O7. The van der Waals surface area contributed by atoms with Crippen LogP contribution in [0.4, 0.5) is 4.79 Å². The lowest BCUT2D eigenvalue weighted by molar-refractivity contribution is -0.199. The molecule has 3 aromatic rings. The molecule has 3 fully saturated rings. The number of urea groups is 1. The number of benzene rings is 2. The van der Waals surface area contributed by atoms with Crippen LogP contribution in [0, 0.1) is 18.3 Å². The minimum Gasteiger partial charge on any atom is -0.494 e. The zero-order chi connectivity index (χ0) is 37.5. The van der Waals surface area contributed by atoms with Gasteiger partial charge >= 0.3 is 6.03 Å². The Labute approximate surface area is 313 Å². The Morgan fingerprint density at radius 1 is 1.04 bits per heavy atom. The number of hydrogen-bond donors (Lipinski definition) is 5. The molecule has 1 aromatic heterocycles. The number of carbonyl (C=O) groups excluding carboxylic acids is 2. The van der Waals surface area contributed by atoms with Crippen LogP contribution in [0.3, 0.4) is 0 Å². The molecule has 1 spiro atoms. The average molecular weight is 734 g/mol. The number of likely N-dealkylation sites (tertiary alicyclic amines) is 2. The smallest absolute Gasteiger partial charge is 0.315 e. The van der Waals surface area contributed by atoms with Gasteiger partial charge in [-0.2, -0.15) is 0 Å². The third-order valence-corrected chi connectivity index (χ3v) is 11.4. The molecule has 3 aliphatic heterocycles. The van der Waals surface area contributed by atoms with Gasteiger partial charge in [-0.25, -0.2) is 4.79 Å². The van der Waals surface area contributed by atoms with Gasteiger partial charge in [0.2, 0.25) is 5.91 Å². The van der Waals surface area contributed by atoms with E-state index in [1.807, 2.05) is 47.6 Å². The predicted octanol–water partition coefficient (Wildman–Crippen LogP) is 3.97. The van der Waals surface area contributed by atoms with Crippen LogP contribution in [0.1, 0.15) is 75.3 Å². The highest BCUT2D eigenvalue weighted by atomic mass is 16.5. The Hall–Kier alpha value is -3.68. The molecular weight excluding hydrogens is 674 g/mol. The first-order valence-corrected chi connectivity index (χ1v) is 19.5. The predicted molar refractivity (Wildman–Crippen MR) is 204 cm³/mol. The Morgan fingerprint density at radius 2 is 1.81 bits per heavy atom. The summed E-state index contributed by atoms with van der Waals surface area (Å²) in [5.41, 5.74) is 4.71. The fraction of sp³-hybridized carbons (Fsp3) is 0.610. The zero-order valence-electron chi connectivity index (χ0n) is 31.6. The molecule has 3 aliphatic rings. The van der Waals surface area contributed by atoms with E-state index in [-0.39, 0.29) is 36.9 Å². The largest absolute Gasteiger partial charge is 0.494 e. The molecule has 0 saturated carbocycles. The number of ether oxygens (including phenoxy) is 2. The van der Waals surface area contributed by atoms with Crippen molar-refractivity contribution in [3.05, 3.63) is 65.4 Å². The van der Waals surface area contributed by atoms with Crippen molar-refractivity contribution in [2.24, 2.45) is 11.3 Å². The van der Waals surface area contributed by atoms with Crippen molar-refractivity contribution in [2.75, 3.05) is 59.0 Å². The minimum atomic E-state index is -1.11. The van der Waals surface area contributed by atoms with Crippen LogP contribution in [0.25, 0.3) is 10.9 Å². The van der Waals surface area contributed by atoms with Crippen LogP contribution in [0.2, 0.25) is 0 Å². The Balaban J connectivity index is 0.953.